The average molecular weight is 305 g/mol. The van der Waals surface area contributed by atoms with E-state index >= 15 is 0 Å². The van der Waals surface area contributed by atoms with Gasteiger partial charge in [0, 0.05) is 11.4 Å². The Morgan fingerprint density at radius 3 is 2.63 bits per heavy atom. The zero-order valence-electron chi connectivity index (χ0n) is 10.1. The van der Waals surface area contributed by atoms with Gasteiger partial charge in [-0.2, -0.15) is 0 Å². The number of carbonyl (C=O) groups is 1. The highest BCUT2D eigenvalue weighted by Crippen LogP contribution is 2.23. The third-order valence-electron chi connectivity index (χ3n) is 3.13. The lowest BCUT2D eigenvalue weighted by atomic mass is 9.93. The van der Waals surface area contributed by atoms with Crippen LogP contribution >= 0.6 is 11.3 Å². The van der Waals surface area contributed by atoms with Crippen molar-refractivity contribution in [2.45, 2.75) is 42.7 Å². The highest BCUT2D eigenvalue weighted by Gasteiger charge is 2.28. The van der Waals surface area contributed by atoms with Gasteiger partial charge >= 0.3 is 5.97 Å². The minimum Gasteiger partial charge on any atom is -0.477 e. The Balaban J connectivity index is 2.15. The van der Waals surface area contributed by atoms with Crippen LogP contribution in [-0.4, -0.2) is 36.7 Å². The van der Waals surface area contributed by atoms with Gasteiger partial charge in [-0.15, -0.1) is 11.3 Å². The first kappa shape index (κ1) is 14.4. The molecule has 0 aliphatic heterocycles. The predicted octanol–water partition coefficient (Wildman–Crippen LogP) is 1.03. The molecule has 1 aromatic rings. The second-order valence-electron chi connectivity index (χ2n) is 4.53. The first-order valence-electron chi connectivity index (χ1n) is 5.92. The molecule has 0 bridgehead atoms. The monoisotopic (exact) mass is 305 g/mol. The van der Waals surface area contributed by atoms with Crippen molar-refractivity contribution in [3.8, 4) is 0 Å². The zero-order chi connectivity index (χ0) is 14.0. The van der Waals surface area contributed by atoms with Crippen molar-refractivity contribution in [1.29, 1.82) is 0 Å². The molecule has 2 unspecified atom stereocenters. The lowest BCUT2D eigenvalue weighted by Crippen LogP contribution is -2.44. The molecule has 1 aromatic heterocycles. The van der Waals surface area contributed by atoms with E-state index in [9.17, 15) is 18.3 Å². The van der Waals surface area contributed by atoms with Crippen LogP contribution in [0.3, 0.4) is 0 Å². The number of aromatic carboxylic acids is 1. The first-order chi connectivity index (χ1) is 8.90. The van der Waals surface area contributed by atoms with E-state index in [4.69, 9.17) is 5.11 Å². The Morgan fingerprint density at radius 1 is 1.37 bits per heavy atom. The molecule has 19 heavy (non-hydrogen) atoms. The number of aliphatic hydroxyl groups excluding tert-OH is 1. The Kier molecular flexibility index (Phi) is 4.24. The van der Waals surface area contributed by atoms with Gasteiger partial charge < -0.3 is 10.2 Å². The molecule has 0 saturated heterocycles. The number of thiophene rings is 1. The lowest BCUT2D eigenvalue weighted by Gasteiger charge is -2.27. The summed E-state index contributed by atoms with van der Waals surface area (Å²) in [6.07, 6.45) is 2.25. The van der Waals surface area contributed by atoms with Gasteiger partial charge in [-0.25, -0.2) is 17.9 Å². The fourth-order valence-corrected chi connectivity index (χ4v) is 4.50. The number of hydrogen-bond donors (Lipinski definition) is 3. The van der Waals surface area contributed by atoms with Gasteiger partial charge in [-0.1, -0.05) is 12.8 Å². The Morgan fingerprint density at radius 2 is 2.05 bits per heavy atom. The molecule has 1 fully saturated rings. The molecule has 3 N–H and O–H groups in total. The van der Waals surface area contributed by atoms with Crippen LogP contribution in [0.2, 0.25) is 0 Å². The van der Waals surface area contributed by atoms with Crippen molar-refractivity contribution in [2.24, 2.45) is 0 Å². The van der Waals surface area contributed by atoms with E-state index in [1.54, 1.807) is 0 Å². The highest BCUT2D eigenvalue weighted by atomic mass is 32.2. The number of aliphatic hydroxyl groups is 1. The van der Waals surface area contributed by atoms with Crippen molar-refractivity contribution >= 4 is 27.3 Å². The Labute approximate surface area is 115 Å². The zero-order valence-corrected chi connectivity index (χ0v) is 11.7. The van der Waals surface area contributed by atoms with Crippen LogP contribution < -0.4 is 4.72 Å². The maximum absolute atomic E-state index is 12.1. The summed E-state index contributed by atoms with van der Waals surface area (Å²) in [5.41, 5.74) is 0. The van der Waals surface area contributed by atoms with E-state index in [0.717, 1.165) is 30.2 Å². The largest absolute Gasteiger partial charge is 0.477 e. The average Bonchev–Trinajstić information content (AvgIpc) is 2.82. The van der Waals surface area contributed by atoms with Crippen LogP contribution in [0.5, 0.6) is 0 Å². The molecule has 0 amide bonds. The van der Waals surface area contributed by atoms with Crippen molar-refractivity contribution in [3.05, 3.63) is 16.3 Å². The summed E-state index contributed by atoms with van der Waals surface area (Å²) in [4.78, 5) is 10.7. The summed E-state index contributed by atoms with van der Waals surface area (Å²) in [6.45, 7) is 0. The normalized spacial score (nSPS) is 24.3. The molecular weight excluding hydrogens is 290 g/mol. The number of carboxylic acid groups (broad SMARTS) is 1. The second-order valence-corrected chi connectivity index (χ2v) is 7.16. The fraction of sp³-hybridized carbons (Fsp3) is 0.545. The minimum atomic E-state index is -3.77. The Bertz CT molecular complexity index is 565. The van der Waals surface area contributed by atoms with Crippen molar-refractivity contribution in [1.82, 2.24) is 4.72 Å². The van der Waals surface area contributed by atoms with E-state index in [2.05, 4.69) is 4.72 Å². The second kappa shape index (κ2) is 5.58. The third kappa shape index (κ3) is 3.33. The molecule has 0 radical (unpaired) electrons. The summed E-state index contributed by atoms with van der Waals surface area (Å²) >= 11 is 0.866. The van der Waals surface area contributed by atoms with E-state index < -0.39 is 28.1 Å². The molecule has 2 rings (SSSR count). The van der Waals surface area contributed by atoms with Gasteiger partial charge in [0.25, 0.3) is 0 Å². The van der Waals surface area contributed by atoms with Crippen LogP contribution in [0.4, 0.5) is 0 Å². The number of nitrogens with one attached hydrogen (secondary N) is 1. The van der Waals surface area contributed by atoms with E-state index in [1.165, 1.54) is 5.38 Å². The van der Waals surface area contributed by atoms with Crippen molar-refractivity contribution in [3.63, 3.8) is 0 Å². The number of hydrogen-bond acceptors (Lipinski definition) is 5. The molecule has 1 aliphatic rings. The topological polar surface area (TPSA) is 104 Å². The number of rotatable bonds is 4. The molecule has 6 nitrogen and oxygen atoms in total. The SMILES string of the molecule is O=C(O)c1cc(S(=O)(=O)NC2CCCCC2O)cs1. The molecule has 106 valence electrons. The summed E-state index contributed by atoms with van der Waals surface area (Å²) in [7, 11) is -3.77. The molecule has 0 aromatic carbocycles. The number of sulfonamides is 1. The summed E-state index contributed by atoms with van der Waals surface area (Å²) < 4.78 is 26.6. The van der Waals surface area contributed by atoms with Gasteiger partial charge in [0.1, 0.15) is 4.88 Å². The van der Waals surface area contributed by atoms with Gasteiger partial charge in [-0.05, 0) is 18.9 Å². The quantitative estimate of drug-likeness (QED) is 0.770. The van der Waals surface area contributed by atoms with Crippen LogP contribution in [0, 0.1) is 0 Å². The molecule has 8 heteroatoms. The van der Waals surface area contributed by atoms with Gasteiger partial charge in [-0.3, -0.25) is 0 Å². The summed E-state index contributed by atoms with van der Waals surface area (Å²) in [5, 5.41) is 19.8. The Hall–Kier alpha value is -0.960. The fourth-order valence-electron chi connectivity index (χ4n) is 2.09. The standard InChI is InChI=1S/C11H15NO5S2/c13-9-4-2-1-3-8(9)12-19(16,17)7-5-10(11(14)15)18-6-7/h5-6,8-9,12-13H,1-4H2,(H,14,15). The van der Waals surface area contributed by atoms with Crippen LogP contribution in [0.1, 0.15) is 35.4 Å². The molecule has 0 spiro atoms. The molecule has 1 heterocycles. The maximum atomic E-state index is 12.1. The molecular formula is C11H15NO5S2. The summed E-state index contributed by atoms with van der Waals surface area (Å²) in [5.74, 6) is -1.15. The van der Waals surface area contributed by atoms with Crippen LogP contribution in [0.15, 0.2) is 16.3 Å². The van der Waals surface area contributed by atoms with Crippen LogP contribution in [0.25, 0.3) is 0 Å². The first-order valence-corrected chi connectivity index (χ1v) is 8.28. The van der Waals surface area contributed by atoms with Gasteiger partial charge in [0.15, 0.2) is 0 Å². The maximum Gasteiger partial charge on any atom is 0.345 e. The molecule has 2 atom stereocenters. The summed E-state index contributed by atoms with van der Waals surface area (Å²) in [6, 6.07) is 0.636. The van der Waals surface area contributed by atoms with E-state index in [-0.39, 0.29) is 9.77 Å². The van der Waals surface area contributed by atoms with Crippen molar-refractivity contribution < 1.29 is 23.4 Å². The lowest BCUT2D eigenvalue weighted by molar-refractivity contribution is 0.0702. The van der Waals surface area contributed by atoms with Gasteiger partial charge in [0.05, 0.1) is 11.0 Å². The molecule has 1 aliphatic carbocycles. The van der Waals surface area contributed by atoms with E-state index in [1.807, 2.05) is 0 Å². The molecule has 1 saturated carbocycles. The van der Waals surface area contributed by atoms with Gasteiger partial charge in [0.2, 0.25) is 10.0 Å². The van der Waals surface area contributed by atoms with Crippen LogP contribution in [-0.2, 0) is 10.0 Å². The predicted molar refractivity (Wildman–Crippen MR) is 69.9 cm³/mol. The van der Waals surface area contributed by atoms with Crippen molar-refractivity contribution in [2.75, 3.05) is 0 Å². The number of carboxylic acids is 1. The third-order valence-corrected chi connectivity index (χ3v) is 5.67. The smallest absolute Gasteiger partial charge is 0.345 e. The van der Waals surface area contributed by atoms with E-state index in [0.29, 0.717) is 12.8 Å². The minimum absolute atomic E-state index is 0.0235. The highest BCUT2D eigenvalue weighted by molar-refractivity contribution is 7.89.